The van der Waals surface area contributed by atoms with Gasteiger partial charge in [0.05, 0.1) is 18.4 Å². The van der Waals surface area contributed by atoms with Crippen molar-refractivity contribution < 1.29 is 9.53 Å². The molecule has 124 valence electrons. The Morgan fingerprint density at radius 1 is 1.39 bits per heavy atom. The van der Waals surface area contributed by atoms with E-state index in [0.717, 1.165) is 50.3 Å². The summed E-state index contributed by atoms with van der Waals surface area (Å²) in [6, 6.07) is 9.75. The lowest BCUT2D eigenvalue weighted by Gasteiger charge is -2.30. The SMILES string of the molecule is CCCOc1ccccc1NC(=O)C1CCN(CCC#N)CC1. The summed E-state index contributed by atoms with van der Waals surface area (Å²) < 4.78 is 5.68. The first-order valence-corrected chi connectivity index (χ1v) is 8.36. The van der Waals surface area contributed by atoms with E-state index in [1.54, 1.807) is 0 Å². The first-order chi connectivity index (χ1) is 11.2. The fraction of sp³-hybridized carbons (Fsp3) is 0.556. The van der Waals surface area contributed by atoms with Crippen LogP contribution in [0.3, 0.4) is 0 Å². The van der Waals surface area contributed by atoms with Crippen molar-refractivity contribution in [1.29, 1.82) is 5.26 Å². The van der Waals surface area contributed by atoms with E-state index in [2.05, 4.69) is 23.2 Å². The maximum Gasteiger partial charge on any atom is 0.227 e. The third-order valence-corrected chi connectivity index (χ3v) is 4.10. The summed E-state index contributed by atoms with van der Waals surface area (Å²) in [7, 11) is 0. The van der Waals surface area contributed by atoms with Crippen LogP contribution in [0.2, 0.25) is 0 Å². The van der Waals surface area contributed by atoms with Gasteiger partial charge >= 0.3 is 0 Å². The van der Waals surface area contributed by atoms with Gasteiger partial charge in [0.15, 0.2) is 0 Å². The van der Waals surface area contributed by atoms with E-state index in [1.807, 2.05) is 24.3 Å². The standard InChI is InChI=1S/C18H25N3O2/c1-2-14-23-17-7-4-3-6-16(17)20-18(22)15-8-12-21(13-9-15)11-5-10-19/h3-4,6-7,15H,2,5,8-9,11-14H2,1H3,(H,20,22). The Bertz CT molecular complexity index is 545. The van der Waals surface area contributed by atoms with Crippen LogP contribution >= 0.6 is 0 Å². The number of amides is 1. The molecule has 0 aromatic heterocycles. The monoisotopic (exact) mass is 315 g/mol. The highest BCUT2D eigenvalue weighted by Crippen LogP contribution is 2.26. The van der Waals surface area contributed by atoms with Crippen molar-refractivity contribution in [1.82, 2.24) is 4.90 Å². The van der Waals surface area contributed by atoms with Gasteiger partial charge in [-0.1, -0.05) is 19.1 Å². The molecule has 5 heteroatoms. The lowest BCUT2D eigenvalue weighted by molar-refractivity contribution is -0.121. The number of piperidine rings is 1. The van der Waals surface area contributed by atoms with Gasteiger partial charge < -0.3 is 15.0 Å². The highest BCUT2D eigenvalue weighted by Gasteiger charge is 2.25. The first kappa shape index (κ1) is 17.3. The van der Waals surface area contributed by atoms with Crippen LogP contribution in [0.15, 0.2) is 24.3 Å². The fourth-order valence-corrected chi connectivity index (χ4v) is 2.77. The van der Waals surface area contributed by atoms with Gasteiger partial charge in [-0.2, -0.15) is 5.26 Å². The van der Waals surface area contributed by atoms with E-state index >= 15 is 0 Å². The predicted octanol–water partition coefficient (Wildman–Crippen LogP) is 3.04. The zero-order valence-corrected chi connectivity index (χ0v) is 13.8. The summed E-state index contributed by atoms with van der Waals surface area (Å²) in [5.74, 6) is 0.833. The molecule has 1 aliphatic rings. The number of carbonyl (C=O) groups excluding carboxylic acids is 1. The Labute approximate surface area is 138 Å². The van der Waals surface area contributed by atoms with Gasteiger partial charge in [0.1, 0.15) is 5.75 Å². The Balaban J connectivity index is 1.87. The Morgan fingerprint density at radius 2 is 2.13 bits per heavy atom. The quantitative estimate of drug-likeness (QED) is 0.840. The van der Waals surface area contributed by atoms with Gasteiger partial charge in [-0.15, -0.1) is 0 Å². The molecule has 1 saturated heterocycles. The zero-order valence-electron chi connectivity index (χ0n) is 13.8. The van der Waals surface area contributed by atoms with Crippen LogP contribution in [0.5, 0.6) is 5.75 Å². The van der Waals surface area contributed by atoms with Crippen molar-refractivity contribution in [2.75, 3.05) is 31.6 Å². The third kappa shape index (κ3) is 5.26. The number of nitriles is 1. The number of ether oxygens (including phenoxy) is 1. The molecule has 0 unspecified atom stereocenters. The van der Waals surface area contributed by atoms with E-state index in [9.17, 15) is 4.79 Å². The van der Waals surface area contributed by atoms with Crippen molar-refractivity contribution in [2.45, 2.75) is 32.6 Å². The van der Waals surface area contributed by atoms with E-state index in [1.165, 1.54) is 0 Å². The minimum atomic E-state index is 0.0348. The summed E-state index contributed by atoms with van der Waals surface area (Å²) in [6.45, 7) is 5.27. The Hall–Kier alpha value is -2.06. The zero-order chi connectivity index (χ0) is 16.5. The van der Waals surface area contributed by atoms with Gasteiger partial charge in [-0.25, -0.2) is 0 Å². The highest BCUT2D eigenvalue weighted by atomic mass is 16.5. The van der Waals surface area contributed by atoms with Crippen LogP contribution in [-0.2, 0) is 4.79 Å². The minimum Gasteiger partial charge on any atom is -0.491 e. The van der Waals surface area contributed by atoms with Crippen molar-refractivity contribution in [3.05, 3.63) is 24.3 Å². The second-order valence-electron chi connectivity index (χ2n) is 5.86. The fourth-order valence-electron chi connectivity index (χ4n) is 2.77. The largest absolute Gasteiger partial charge is 0.491 e. The molecule has 0 radical (unpaired) electrons. The first-order valence-electron chi connectivity index (χ1n) is 8.36. The van der Waals surface area contributed by atoms with Crippen molar-refractivity contribution in [2.24, 2.45) is 5.92 Å². The molecule has 1 aliphatic heterocycles. The van der Waals surface area contributed by atoms with Crippen LogP contribution in [-0.4, -0.2) is 37.0 Å². The minimum absolute atomic E-state index is 0.0348. The van der Waals surface area contributed by atoms with Gasteiger partial charge in [-0.05, 0) is 44.5 Å². The number of hydrogen-bond donors (Lipinski definition) is 1. The molecule has 0 saturated carbocycles. The lowest BCUT2D eigenvalue weighted by atomic mass is 9.95. The average Bonchev–Trinajstić information content (AvgIpc) is 2.59. The smallest absolute Gasteiger partial charge is 0.227 e. The number of para-hydroxylation sites is 2. The van der Waals surface area contributed by atoms with Gasteiger partial charge in [0, 0.05) is 18.9 Å². The molecule has 0 bridgehead atoms. The maximum absolute atomic E-state index is 12.5. The second-order valence-corrected chi connectivity index (χ2v) is 5.86. The number of carbonyl (C=O) groups is 1. The van der Waals surface area contributed by atoms with Crippen molar-refractivity contribution in [3.63, 3.8) is 0 Å². The molecule has 1 amide bonds. The number of likely N-dealkylation sites (tertiary alicyclic amines) is 1. The van der Waals surface area contributed by atoms with Crippen LogP contribution in [0.4, 0.5) is 5.69 Å². The molecule has 1 aromatic carbocycles. The summed E-state index contributed by atoms with van der Waals surface area (Å²) in [6.07, 6.45) is 3.17. The molecular formula is C18H25N3O2. The molecule has 2 rings (SSSR count). The summed E-state index contributed by atoms with van der Waals surface area (Å²) in [4.78, 5) is 14.7. The van der Waals surface area contributed by atoms with Gasteiger partial charge in [-0.3, -0.25) is 4.79 Å². The van der Waals surface area contributed by atoms with Crippen LogP contribution in [0.1, 0.15) is 32.6 Å². The molecule has 1 aromatic rings. The third-order valence-electron chi connectivity index (χ3n) is 4.10. The maximum atomic E-state index is 12.5. The van der Waals surface area contributed by atoms with Gasteiger partial charge in [0.25, 0.3) is 0 Å². The lowest BCUT2D eigenvalue weighted by Crippen LogP contribution is -2.38. The predicted molar refractivity (Wildman–Crippen MR) is 90.3 cm³/mol. The summed E-state index contributed by atoms with van der Waals surface area (Å²) in [5, 5.41) is 11.6. The number of hydrogen-bond acceptors (Lipinski definition) is 4. The molecule has 1 fully saturated rings. The van der Waals surface area contributed by atoms with Gasteiger partial charge in [0.2, 0.25) is 5.91 Å². The molecule has 5 nitrogen and oxygen atoms in total. The van der Waals surface area contributed by atoms with Crippen LogP contribution in [0.25, 0.3) is 0 Å². The normalized spacial score (nSPS) is 15.8. The summed E-state index contributed by atoms with van der Waals surface area (Å²) in [5.41, 5.74) is 0.748. The molecule has 0 aliphatic carbocycles. The Kier molecular flexibility index (Phi) is 6.89. The number of anilines is 1. The van der Waals surface area contributed by atoms with Crippen molar-refractivity contribution in [3.8, 4) is 11.8 Å². The van der Waals surface area contributed by atoms with Crippen LogP contribution < -0.4 is 10.1 Å². The van der Waals surface area contributed by atoms with E-state index < -0.39 is 0 Å². The molecule has 0 atom stereocenters. The topological polar surface area (TPSA) is 65.4 Å². The van der Waals surface area contributed by atoms with E-state index in [4.69, 9.17) is 10.00 Å². The number of nitrogens with one attached hydrogen (secondary N) is 1. The average molecular weight is 315 g/mol. The van der Waals surface area contributed by atoms with Crippen LogP contribution in [0, 0.1) is 17.2 Å². The Morgan fingerprint density at radius 3 is 2.83 bits per heavy atom. The summed E-state index contributed by atoms with van der Waals surface area (Å²) >= 11 is 0. The molecular weight excluding hydrogens is 290 g/mol. The van der Waals surface area contributed by atoms with E-state index in [0.29, 0.717) is 13.0 Å². The number of rotatable bonds is 7. The second kappa shape index (κ2) is 9.16. The highest BCUT2D eigenvalue weighted by molar-refractivity contribution is 5.94. The molecule has 23 heavy (non-hydrogen) atoms. The van der Waals surface area contributed by atoms with E-state index in [-0.39, 0.29) is 11.8 Å². The molecule has 0 spiro atoms. The number of nitrogens with zero attached hydrogens (tertiary/aromatic N) is 2. The van der Waals surface area contributed by atoms with Crippen molar-refractivity contribution >= 4 is 11.6 Å². The molecule has 1 N–H and O–H groups in total. The molecule has 1 heterocycles. The number of benzene rings is 1.